The highest BCUT2D eigenvalue weighted by Crippen LogP contribution is 2.42. The van der Waals surface area contributed by atoms with Gasteiger partial charge in [-0.1, -0.05) is 18.1 Å². The monoisotopic (exact) mass is 282 g/mol. The van der Waals surface area contributed by atoms with Crippen LogP contribution >= 0.6 is 11.8 Å². The van der Waals surface area contributed by atoms with Gasteiger partial charge >= 0.3 is 0 Å². The number of allylic oxidation sites excluding steroid dienone is 1. The van der Waals surface area contributed by atoms with Gasteiger partial charge in [-0.15, -0.1) is 0 Å². The fourth-order valence-electron chi connectivity index (χ4n) is 2.99. The van der Waals surface area contributed by atoms with Crippen LogP contribution in [0.2, 0.25) is 0 Å². The first kappa shape index (κ1) is 15.4. The molecule has 1 N–H and O–H groups in total. The second kappa shape index (κ2) is 7.14. The molecule has 0 bridgehead atoms. The lowest BCUT2D eigenvalue weighted by atomic mass is 9.84. The maximum Gasteiger partial charge on any atom is 0.0281 e. The molecule has 0 aromatic carbocycles. The summed E-state index contributed by atoms with van der Waals surface area (Å²) in [5.74, 6) is 0. The Bertz CT molecular complexity index is 292. The molecule has 0 aromatic heterocycles. The van der Waals surface area contributed by atoms with Gasteiger partial charge in [0.05, 0.1) is 0 Å². The number of likely N-dealkylation sites (tertiary alicyclic amines) is 1. The standard InChI is InChI=1S/C16H30N2S/c1-14(2)5-10-18-11-6-15(7-12-18)17-13-16(19-3)8-4-9-16/h5,15,17H,4,6-13H2,1-3H3. The average Bonchev–Trinajstić information content (AvgIpc) is 2.37. The fraction of sp³-hybridized carbons (Fsp3) is 0.875. The predicted molar refractivity (Wildman–Crippen MR) is 87.0 cm³/mol. The first-order valence-corrected chi connectivity index (χ1v) is 9.00. The minimum Gasteiger partial charge on any atom is -0.313 e. The SMILES string of the molecule is CSC1(CNC2CCN(CC=C(C)C)CC2)CCC1. The van der Waals surface area contributed by atoms with E-state index in [-0.39, 0.29) is 0 Å². The van der Waals surface area contributed by atoms with E-state index in [1.807, 2.05) is 0 Å². The quantitative estimate of drug-likeness (QED) is 0.753. The number of thioether (sulfide) groups is 1. The van der Waals surface area contributed by atoms with Gasteiger partial charge < -0.3 is 5.32 Å². The third-order valence-corrected chi connectivity index (χ3v) is 6.17. The molecule has 0 aromatic rings. The highest BCUT2D eigenvalue weighted by molar-refractivity contribution is 8.00. The molecule has 3 heteroatoms. The van der Waals surface area contributed by atoms with Crippen LogP contribution in [-0.2, 0) is 0 Å². The Morgan fingerprint density at radius 1 is 1.32 bits per heavy atom. The van der Waals surface area contributed by atoms with Crippen molar-refractivity contribution >= 4 is 11.8 Å². The van der Waals surface area contributed by atoms with E-state index in [2.05, 4.69) is 48.2 Å². The van der Waals surface area contributed by atoms with Gasteiger partial charge in [0.15, 0.2) is 0 Å². The van der Waals surface area contributed by atoms with Gasteiger partial charge in [-0.3, -0.25) is 4.90 Å². The molecule has 1 saturated heterocycles. The molecule has 0 amide bonds. The van der Waals surface area contributed by atoms with Crippen LogP contribution in [0.25, 0.3) is 0 Å². The molecule has 2 aliphatic rings. The van der Waals surface area contributed by atoms with Crippen LogP contribution < -0.4 is 5.32 Å². The normalized spacial score (nSPS) is 23.9. The molecule has 0 radical (unpaired) electrons. The van der Waals surface area contributed by atoms with Crippen LogP contribution in [0.15, 0.2) is 11.6 Å². The summed E-state index contributed by atoms with van der Waals surface area (Å²) >= 11 is 2.08. The molecular weight excluding hydrogens is 252 g/mol. The van der Waals surface area contributed by atoms with Crippen molar-refractivity contribution in [1.82, 2.24) is 10.2 Å². The molecule has 2 nitrogen and oxygen atoms in total. The summed E-state index contributed by atoms with van der Waals surface area (Å²) in [7, 11) is 0. The van der Waals surface area contributed by atoms with E-state index < -0.39 is 0 Å². The molecule has 1 aliphatic heterocycles. The van der Waals surface area contributed by atoms with E-state index >= 15 is 0 Å². The summed E-state index contributed by atoms with van der Waals surface area (Å²) in [6, 6.07) is 0.757. The van der Waals surface area contributed by atoms with E-state index in [0.717, 1.165) is 12.6 Å². The zero-order valence-corrected chi connectivity index (χ0v) is 13.7. The maximum absolute atomic E-state index is 3.84. The van der Waals surface area contributed by atoms with E-state index in [1.165, 1.54) is 57.3 Å². The molecule has 2 rings (SSSR count). The van der Waals surface area contributed by atoms with Gasteiger partial charge in [0.25, 0.3) is 0 Å². The largest absolute Gasteiger partial charge is 0.313 e. The lowest BCUT2D eigenvalue weighted by Crippen LogP contribution is -2.49. The summed E-state index contributed by atoms with van der Waals surface area (Å²) in [4.78, 5) is 2.58. The van der Waals surface area contributed by atoms with E-state index in [0.29, 0.717) is 4.75 Å². The number of piperidine rings is 1. The molecule has 1 heterocycles. The number of nitrogens with zero attached hydrogens (tertiary/aromatic N) is 1. The van der Waals surface area contributed by atoms with Crippen molar-refractivity contribution in [3.8, 4) is 0 Å². The van der Waals surface area contributed by atoms with Crippen molar-refractivity contribution in [2.45, 2.75) is 56.7 Å². The van der Waals surface area contributed by atoms with Crippen LogP contribution in [0, 0.1) is 0 Å². The van der Waals surface area contributed by atoms with Crippen molar-refractivity contribution < 1.29 is 0 Å². The topological polar surface area (TPSA) is 15.3 Å². The Kier molecular flexibility index (Phi) is 5.79. The van der Waals surface area contributed by atoms with Crippen molar-refractivity contribution in [1.29, 1.82) is 0 Å². The lowest BCUT2D eigenvalue weighted by molar-refractivity contribution is 0.207. The predicted octanol–water partition coefficient (Wildman–Crippen LogP) is 3.29. The summed E-state index contributed by atoms with van der Waals surface area (Å²) in [6.45, 7) is 9.27. The number of hydrogen-bond acceptors (Lipinski definition) is 3. The van der Waals surface area contributed by atoms with Crippen LogP contribution in [0.3, 0.4) is 0 Å². The third-order valence-electron chi connectivity index (χ3n) is 4.76. The van der Waals surface area contributed by atoms with Crippen molar-refractivity contribution in [2.24, 2.45) is 0 Å². The van der Waals surface area contributed by atoms with Crippen LogP contribution in [-0.4, -0.2) is 48.1 Å². The van der Waals surface area contributed by atoms with E-state index in [4.69, 9.17) is 0 Å². The Morgan fingerprint density at radius 2 is 2.00 bits per heavy atom. The van der Waals surface area contributed by atoms with Crippen LogP contribution in [0.4, 0.5) is 0 Å². The molecule has 1 saturated carbocycles. The minimum absolute atomic E-state index is 0.583. The summed E-state index contributed by atoms with van der Waals surface area (Å²) in [5, 5.41) is 3.84. The summed E-state index contributed by atoms with van der Waals surface area (Å²) in [5.41, 5.74) is 1.44. The van der Waals surface area contributed by atoms with Gasteiger partial charge in [0.2, 0.25) is 0 Å². The van der Waals surface area contributed by atoms with Gasteiger partial charge in [-0.05, 0) is 58.9 Å². The average molecular weight is 282 g/mol. The zero-order valence-electron chi connectivity index (χ0n) is 12.9. The Balaban J connectivity index is 1.65. The van der Waals surface area contributed by atoms with Gasteiger partial charge in [0, 0.05) is 23.9 Å². The van der Waals surface area contributed by atoms with Gasteiger partial charge in [0.1, 0.15) is 0 Å². The zero-order chi connectivity index (χ0) is 13.7. The Morgan fingerprint density at radius 3 is 2.47 bits per heavy atom. The first-order chi connectivity index (χ1) is 9.13. The smallest absolute Gasteiger partial charge is 0.0281 e. The molecule has 19 heavy (non-hydrogen) atoms. The Labute approximate surface area is 123 Å². The number of hydrogen-bond donors (Lipinski definition) is 1. The summed E-state index contributed by atoms with van der Waals surface area (Å²) in [6.07, 6.45) is 11.5. The molecule has 2 fully saturated rings. The third kappa shape index (κ3) is 4.51. The molecule has 1 aliphatic carbocycles. The van der Waals surface area contributed by atoms with E-state index in [1.54, 1.807) is 0 Å². The van der Waals surface area contributed by atoms with Crippen molar-refractivity contribution in [3.05, 3.63) is 11.6 Å². The van der Waals surface area contributed by atoms with Gasteiger partial charge in [-0.25, -0.2) is 0 Å². The van der Waals surface area contributed by atoms with Crippen molar-refractivity contribution in [2.75, 3.05) is 32.4 Å². The van der Waals surface area contributed by atoms with E-state index in [9.17, 15) is 0 Å². The molecule has 0 unspecified atom stereocenters. The highest BCUT2D eigenvalue weighted by Gasteiger charge is 2.36. The van der Waals surface area contributed by atoms with Crippen molar-refractivity contribution in [3.63, 3.8) is 0 Å². The Hall–Kier alpha value is 0.0100. The second-order valence-electron chi connectivity index (χ2n) is 6.48. The molecule has 110 valence electrons. The molecular formula is C16H30N2S. The molecule has 0 spiro atoms. The maximum atomic E-state index is 3.84. The van der Waals surface area contributed by atoms with Crippen LogP contribution in [0.5, 0.6) is 0 Å². The number of rotatable bonds is 6. The second-order valence-corrected chi connectivity index (χ2v) is 7.75. The summed E-state index contributed by atoms with van der Waals surface area (Å²) < 4.78 is 0.583. The molecule has 0 atom stereocenters. The fourth-order valence-corrected chi connectivity index (χ4v) is 3.91. The number of nitrogens with one attached hydrogen (secondary N) is 1. The minimum atomic E-state index is 0.583. The van der Waals surface area contributed by atoms with Crippen LogP contribution in [0.1, 0.15) is 46.0 Å². The van der Waals surface area contributed by atoms with Gasteiger partial charge in [-0.2, -0.15) is 11.8 Å². The first-order valence-electron chi connectivity index (χ1n) is 7.78. The highest BCUT2D eigenvalue weighted by atomic mass is 32.2. The lowest BCUT2D eigenvalue weighted by Gasteiger charge is -2.42.